The minimum atomic E-state index is -0.114. The summed E-state index contributed by atoms with van der Waals surface area (Å²) in [5.41, 5.74) is 4.64. The molecule has 35 heavy (non-hydrogen) atoms. The highest BCUT2D eigenvalue weighted by molar-refractivity contribution is 6.80. The summed E-state index contributed by atoms with van der Waals surface area (Å²) < 4.78 is 18.3. The molecule has 0 amide bonds. The zero-order chi connectivity index (χ0) is 25.2. The number of rotatable bonds is 13. The number of likely N-dealkylation sites (N-methyl/N-ethyl adjacent to an activating group) is 2. The van der Waals surface area contributed by atoms with Crippen LogP contribution in [0.1, 0.15) is 5.56 Å². The summed E-state index contributed by atoms with van der Waals surface area (Å²) in [5.74, 6) is 1.60. The van der Waals surface area contributed by atoms with E-state index in [-0.39, 0.29) is 13.8 Å². The van der Waals surface area contributed by atoms with Gasteiger partial charge in [-0.25, -0.2) is 0 Å². The molecule has 0 atom stereocenters. The molecule has 5 nitrogen and oxygen atoms in total. The van der Waals surface area contributed by atoms with Gasteiger partial charge in [0.05, 0.1) is 0 Å². The van der Waals surface area contributed by atoms with Crippen molar-refractivity contribution in [1.29, 1.82) is 0 Å². The van der Waals surface area contributed by atoms with E-state index in [0.29, 0.717) is 13.2 Å². The van der Waals surface area contributed by atoms with Crippen LogP contribution in [0.3, 0.4) is 0 Å². The standard InChI is InChI=1S/C28H38B2N2O3/c1-23-8-7-9-26(22-23)30(34-21-19-32(5)6)25-12-16-28(17-13-25)35-27-14-10-24(11-15-27)29(2)33-20-18-31(3)4/h7-17,22H,18-21H2,1-6H3. The fraction of sp³-hybridized carbons (Fsp3) is 0.357. The van der Waals surface area contributed by atoms with Crippen molar-refractivity contribution in [2.75, 3.05) is 54.5 Å². The lowest BCUT2D eigenvalue weighted by Gasteiger charge is -2.18. The van der Waals surface area contributed by atoms with E-state index in [1.54, 1.807) is 0 Å². The predicted molar refractivity (Wildman–Crippen MR) is 149 cm³/mol. The van der Waals surface area contributed by atoms with Crippen molar-refractivity contribution in [3.8, 4) is 11.5 Å². The minimum absolute atomic E-state index is 0.0503. The van der Waals surface area contributed by atoms with Gasteiger partial charge >= 0.3 is 13.8 Å². The molecular formula is C28H38B2N2O3. The smallest absolute Gasteiger partial charge is 0.361 e. The second kappa shape index (κ2) is 13.5. The van der Waals surface area contributed by atoms with Crippen LogP contribution in [0.5, 0.6) is 11.5 Å². The maximum absolute atomic E-state index is 6.32. The Bertz CT molecular complexity index is 1030. The molecule has 184 valence electrons. The molecule has 0 unspecified atom stereocenters. The molecule has 0 spiro atoms. The van der Waals surface area contributed by atoms with E-state index in [0.717, 1.165) is 41.0 Å². The first-order valence-electron chi connectivity index (χ1n) is 12.3. The van der Waals surface area contributed by atoms with E-state index >= 15 is 0 Å². The molecule has 0 radical (unpaired) electrons. The summed E-state index contributed by atoms with van der Waals surface area (Å²) in [5, 5.41) is 0. The van der Waals surface area contributed by atoms with Crippen LogP contribution in [0.25, 0.3) is 0 Å². The number of benzene rings is 3. The third-order valence-electron chi connectivity index (χ3n) is 5.84. The van der Waals surface area contributed by atoms with Crippen LogP contribution in [0.4, 0.5) is 0 Å². The second-order valence-corrected chi connectivity index (χ2v) is 9.52. The summed E-state index contributed by atoms with van der Waals surface area (Å²) in [7, 11) is 8.21. The normalized spacial score (nSPS) is 11.2. The molecule has 0 aliphatic carbocycles. The fourth-order valence-electron chi connectivity index (χ4n) is 3.73. The van der Waals surface area contributed by atoms with Crippen LogP contribution in [0, 0.1) is 6.92 Å². The summed E-state index contributed by atoms with van der Waals surface area (Å²) in [6.07, 6.45) is 0. The summed E-state index contributed by atoms with van der Waals surface area (Å²) in [6.45, 7) is 7.28. The van der Waals surface area contributed by atoms with E-state index in [2.05, 4.69) is 86.2 Å². The first-order chi connectivity index (χ1) is 16.8. The van der Waals surface area contributed by atoms with Gasteiger partial charge in [-0.2, -0.15) is 0 Å². The molecule has 3 aromatic rings. The van der Waals surface area contributed by atoms with Crippen molar-refractivity contribution in [2.45, 2.75) is 13.7 Å². The van der Waals surface area contributed by atoms with Crippen molar-refractivity contribution in [1.82, 2.24) is 9.80 Å². The first kappa shape index (κ1) is 27.0. The number of nitrogens with zero attached hydrogens (tertiary/aromatic N) is 2. The minimum Gasteiger partial charge on any atom is -0.457 e. The molecular weight excluding hydrogens is 434 g/mol. The van der Waals surface area contributed by atoms with Crippen LogP contribution in [-0.2, 0) is 9.31 Å². The number of hydrogen-bond donors (Lipinski definition) is 0. The molecule has 0 aliphatic heterocycles. The van der Waals surface area contributed by atoms with Crippen LogP contribution >= 0.6 is 0 Å². The third-order valence-corrected chi connectivity index (χ3v) is 5.84. The van der Waals surface area contributed by atoms with Gasteiger partial charge in [-0.15, -0.1) is 0 Å². The average molecular weight is 472 g/mol. The lowest BCUT2D eigenvalue weighted by atomic mass is 9.55. The van der Waals surface area contributed by atoms with Crippen molar-refractivity contribution < 1.29 is 14.0 Å². The largest absolute Gasteiger partial charge is 0.457 e. The van der Waals surface area contributed by atoms with Gasteiger partial charge in [0.2, 0.25) is 0 Å². The molecule has 3 rings (SSSR count). The van der Waals surface area contributed by atoms with Gasteiger partial charge in [-0.1, -0.05) is 60.9 Å². The maximum Gasteiger partial charge on any atom is 0.361 e. The molecule has 0 N–H and O–H groups in total. The Morgan fingerprint density at radius 2 is 1.20 bits per heavy atom. The highest BCUT2D eigenvalue weighted by atomic mass is 16.5. The molecule has 0 bridgehead atoms. The fourth-order valence-corrected chi connectivity index (χ4v) is 3.73. The van der Waals surface area contributed by atoms with Crippen molar-refractivity contribution in [3.63, 3.8) is 0 Å². The Hall–Kier alpha value is -2.57. The third kappa shape index (κ3) is 8.86. The average Bonchev–Trinajstić information content (AvgIpc) is 2.82. The Morgan fingerprint density at radius 3 is 1.74 bits per heavy atom. The summed E-state index contributed by atoms with van der Waals surface area (Å²) in [6, 6.07) is 24.8. The zero-order valence-corrected chi connectivity index (χ0v) is 22.0. The van der Waals surface area contributed by atoms with E-state index < -0.39 is 0 Å². The molecule has 0 heterocycles. The van der Waals surface area contributed by atoms with Gasteiger partial charge in [0.25, 0.3) is 0 Å². The lowest BCUT2D eigenvalue weighted by Crippen LogP contribution is -2.46. The van der Waals surface area contributed by atoms with Crippen LogP contribution in [-0.4, -0.2) is 78.1 Å². The predicted octanol–water partition coefficient (Wildman–Crippen LogP) is 2.88. The van der Waals surface area contributed by atoms with Gasteiger partial charge in [0.1, 0.15) is 11.5 Å². The SMILES string of the molecule is CB(OCCN(C)C)c1ccc(Oc2ccc(B(OCCN(C)C)c3cccc(C)c3)cc2)cc1. The number of aryl methyl sites for hydroxylation is 1. The van der Waals surface area contributed by atoms with Gasteiger partial charge in [-0.3, -0.25) is 0 Å². The van der Waals surface area contributed by atoms with Crippen LogP contribution in [0.2, 0.25) is 6.82 Å². The Kier molecular flexibility index (Phi) is 10.4. The Morgan fingerprint density at radius 1 is 0.657 bits per heavy atom. The summed E-state index contributed by atoms with van der Waals surface area (Å²) >= 11 is 0. The summed E-state index contributed by atoms with van der Waals surface area (Å²) in [4.78, 5) is 4.25. The van der Waals surface area contributed by atoms with Crippen molar-refractivity contribution >= 4 is 30.2 Å². The topological polar surface area (TPSA) is 34.2 Å². The molecule has 0 aliphatic rings. The monoisotopic (exact) mass is 472 g/mol. The Balaban J connectivity index is 1.65. The Labute approximate surface area is 212 Å². The number of ether oxygens (including phenoxy) is 1. The van der Waals surface area contributed by atoms with E-state index in [1.807, 2.05) is 38.4 Å². The first-order valence-corrected chi connectivity index (χ1v) is 12.3. The highest BCUT2D eigenvalue weighted by Crippen LogP contribution is 2.19. The van der Waals surface area contributed by atoms with Crippen LogP contribution in [0.15, 0.2) is 72.8 Å². The number of hydrogen-bond acceptors (Lipinski definition) is 5. The molecule has 7 heteroatoms. The zero-order valence-electron chi connectivity index (χ0n) is 22.0. The van der Waals surface area contributed by atoms with Gasteiger partial charge in [-0.05, 0) is 75.8 Å². The molecule has 3 aromatic carbocycles. The van der Waals surface area contributed by atoms with Gasteiger partial charge < -0.3 is 23.8 Å². The van der Waals surface area contributed by atoms with E-state index in [1.165, 1.54) is 5.56 Å². The lowest BCUT2D eigenvalue weighted by molar-refractivity contribution is 0.267. The van der Waals surface area contributed by atoms with E-state index in [4.69, 9.17) is 14.0 Å². The van der Waals surface area contributed by atoms with Gasteiger partial charge in [0, 0.05) is 26.3 Å². The molecule has 0 saturated carbocycles. The van der Waals surface area contributed by atoms with Gasteiger partial charge in [0.15, 0.2) is 0 Å². The quantitative estimate of drug-likeness (QED) is 0.358. The van der Waals surface area contributed by atoms with Crippen LogP contribution < -0.4 is 21.1 Å². The maximum atomic E-state index is 6.32. The highest BCUT2D eigenvalue weighted by Gasteiger charge is 2.22. The van der Waals surface area contributed by atoms with E-state index in [9.17, 15) is 0 Å². The second-order valence-electron chi connectivity index (χ2n) is 9.52. The van der Waals surface area contributed by atoms with Crippen molar-refractivity contribution in [2.24, 2.45) is 0 Å². The molecule has 0 saturated heterocycles. The van der Waals surface area contributed by atoms with Crippen molar-refractivity contribution in [3.05, 3.63) is 78.4 Å². The molecule has 0 aromatic heterocycles. The molecule has 0 fully saturated rings.